The molecule has 0 unspecified atom stereocenters. The molecule has 0 saturated carbocycles. The lowest BCUT2D eigenvalue weighted by atomic mass is 10.1. The fraction of sp³-hybridized carbons (Fsp3) is 0.308. The molecular formula is C26H24N2O4S2. The number of hydrogen-bond acceptors (Lipinski definition) is 7. The summed E-state index contributed by atoms with van der Waals surface area (Å²) < 4.78 is 19.2. The van der Waals surface area contributed by atoms with Crippen molar-refractivity contribution in [1.29, 1.82) is 0 Å². The zero-order valence-electron chi connectivity index (χ0n) is 18.8. The van der Waals surface area contributed by atoms with Crippen LogP contribution in [0.2, 0.25) is 0 Å². The maximum Gasteiger partial charge on any atom is 0.264 e. The van der Waals surface area contributed by atoms with Crippen molar-refractivity contribution in [2.75, 3.05) is 26.4 Å². The van der Waals surface area contributed by atoms with E-state index in [0.29, 0.717) is 38.7 Å². The van der Waals surface area contributed by atoms with E-state index in [1.165, 1.54) is 11.3 Å². The van der Waals surface area contributed by atoms with Gasteiger partial charge in [0.25, 0.3) is 5.91 Å². The molecule has 1 atom stereocenters. The minimum absolute atomic E-state index is 0.00611. The smallest absolute Gasteiger partial charge is 0.264 e. The van der Waals surface area contributed by atoms with Crippen molar-refractivity contribution >= 4 is 38.8 Å². The highest BCUT2D eigenvalue weighted by atomic mass is 32.1. The number of carbonyl (C=O) groups is 1. The van der Waals surface area contributed by atoms with Crippen molar-refractivity contribution in [3.05, 3.63) is 63.8 Å². The topological polar surface area (TPSA) is 60.9 Å². The van der Waals surface area contributed by atoms with Gasteiger partial charge in [0.2, 0.25) is 0 Å². The largest absolute Gasteiger partial charge is 0.487 e. The van der Waals surface area contributed by atoms with Gasteiger partial charge in [-0.1, -0.05) is 12.1 Å². The number of aryl methyl sites for hydroxylation is 1. The molecule has 4 heterocycles. The van der Waals surface area contributed by atoms with Gasteiger partial charge in [0, 0.05) is 29.0 Å². The molecule has 0 aliphatic carbocycles. The molecule has 2 aliphatic rings. The number of aromatic nitrogens is 1. The molecule has 1 saturated heterocycles. The third-order valence-electron chi connectivity index (χ3n) is 6.06. The lowest BCUT2D eigenvalue weighted by molar-refractivity contribution is 0.0737. The standard InChI is InChI=1S/C26H24N2O4S2/c1-16-6-7-23(33-16)26(29)28-9-11-31-24-18(14-28)12-17(13-21(24)32-19-8-10-30-15-19)25-27-20-4-2-3-5-22(20)34-25/h2-7,12-13,19H,8-11,14-15H2,1H3/t19-/m0/s1. The summed E-state index contributed by atoms with van der Waals surface area (Å²) in [5.74, 6) is 1.45. The highest BCUT2D eigenvalue weighted by Gasteiger charge is 2.27. The van der Waals surface area contributed by atoms with Gasteiger partial charge >= 0.3 is 0 Å². The number of thiophene rings is 1. The molecule has 1 fully saturated rings. The quantitative estimate of drug-likeness (QED) is 0.375. The monoisotopic (exact) mass is 492 g/mol. The number of rotatable bonds is 4. The number of benzene rings is 2. The summed E-state index contributed by atoms with van der Waals surface area (Å²) in [7, 11) is 0. The van der Waals surface area contributed by atoms with Crippen molar-refractivity contribution in [3.8, 4) is 22.1 Å². The Balaban J connectivity index is 1.40. The second-order valence-electron chi connectivity index (χ2n) is 8.54. The minimum atomic E-state index is -0.00611. The van der Waals surface area contributed by atoms with Crippen molar-refractivity contribution in [2.24, 2.45) is 0 Å². The molecule has 0 radical (unpaired) electrons. The van der Waals surface area contributed by atoms with Crippen LogP contribution in [-0.2, 0) is 11.3 Å². The molecular weight excluding hydrogens is 468 g/mol. The summed E-state index contributed by atoms with van der Waals surface area (Å²) in [5, 5.41) is 0.924. The average Bonchev–Trinajstić information content (AvgIpc) is 3.57. The molecule has 0 N–H and O–H groups in total. The third-order valence-corrected chi connectivity index (χ3v) is 8.14. The Morgan fingerprint density at radius 2 is 2.06 bits per heavy atom. The highest BCUT2D eigenvalue weighted by molar-refractivity contribution is 7.21. The van der Waals surface area contributed by atoms with E-state index in [0.717, 1.165) is 48.3 Å². The van der Waals surface area contributed by atoms with Crippen molar-refractivity contribution in [3.63, 3.8) is 0 Å². The Bertz CT molecular complexity index is 1320. The molecule has 0 spiro atoms. The van der Waals surface area contributed by atoms with Crippen molar-refractivity contribution < 1.29 is 19.0 Å². The number of thiazole rings is 1. The number of amides is 1. The second-order valence-corrected chi connectivity index (χ2v) is 10.9. The van der Waals surface area contributed by atoms with E-state index in [2.05, 4.69) is 12.1 Å². The van der Waals surface area contributed by atoms with Gasteiger partial charge in [-0.25, -0.2) is 4.98 Å². The molecule has 1 amide bonds. The number of para-hydroxylation sites is 1. The van der Waals surface area contributed by atoms with Gasteiger partial charge in [0.05, 0.1) is 34.9 Å². The maximum atomic E-state index is 13.2. The van der Waals surface area contributed by atoms with Crippen LogP contribution in [0.4, 0.5) is 0 Å². The zero-order chi connectivity index (χ0) is 23.1. The van der Waals surface area contributed by atoms with E-state index in [9.17, 15) is 4.79 Å². The van der Waals surface area contributed by atoms with E-state index in [4.69, 9.17) is 19.2 Å². The molecule has 174 valence electrons. The fourth-order valence-electron chi connectivity index (χ4n) is 4.35. The lowest BCUT2D eigenvalue weighted by Gasteiger charge is -2.20. The molecule has 2 aliphatic heterocycles. The predicted octanol–water partition coefficient (Wildman–Crippen LogP) is 5.54. The molecule has 2 aromatic carbocycles. The van der Waals surface area contributed by atoms with Gasteiger partial charge in [0.1, 0.15) is 17.7 Å². The lowest BCUT2D eigenvalue weighted by Crippen LogP contribution is -2.31. The first-order valence-corrected chi connectivity index (χ1v) is 13.0. The summed E-state index contributed by atoms with van der Waals surface area (Å²) >= 11 is 3.18. The third kappa shape index (κ3) is 4.17. The molecule has 34 heavy (non-hydrogen) atoms. The van der Waals surface area contributed by atoms with Crippen LogP contribution in [0.3, 0.4) is 0 Å². The molecule has 4 aromatic rings. The van der Waals surface area contributed by atoms with Crippen LogP contribution in [-0.4, -0.2) is 48.3 Å². The molecule has 6 rings (SSSR count). The number of ether oxygens (including phenoxy) is 3. The van der Waals surface area contributed by atoms with Crippen LogP contribution in [0.25, 0.3) is 20.8 Å². The van der Waals surface area contributed by atoms with Gasteiger partial charge in [0.15, 0.2) is 11.5 Å². The van der Waals surface area contributed by atoms with E-state index < -0.39 is 0 Å². The molecule has 0 bridgehead atoms. The Morgan fingerprint density at radius 3 is 2.85 bits per heavy atom. The van der Waals surface area contributed by atoms with E-state index >= 15 is 0 Å². The number of nitrogens with zero attached hydrogens (tertiary/aromatic N) is 2. The molecule has 8 heteroatoms. The van der Waals surface area contributed by atoms with Gasteiger partial charge in [-0.05, 0) is 43.3 Å². The Hall–Kier alpha value is -2.94. The van der Waals surface area contributed by atoms with Gasteiger partial charge in [-0.3, -0.25) is 4.79 Å². The van der Waals surface area contributed by atoms with E-state index in [-0.39, 0.29) is 12.0 Å². The van der Waals surface area contributed by atoms with Crippen LogP contribution in [0.1, 0.15) is 26.5 Å². The zero-order valence-corrected chi connectivity index (χ0v) is 20.4. The summed E-state index contributed by atoms with van der Waals surface area (Å²) in [6.45, 7) is 4.69. The highest BCUT2D eigenvalue weighted by Crippen LogP contribution is 2.41. The first kappa shape index (κ1) is 21.6. The van der Waals surface area contributed by atoms with E-state index in [1.807, 2.05) is 48.2 Å². The van der Waals surface area contributed by atoms with Gasteiger partial charge < -0.3 is 19.1 Å². The van der Waals surface area contributed by atoms with Crippen molar-refractivity contribution in [1.82, 2.24) is 9.88 Å². The Morgan fingerprint density at radius 1 is 1.15 bits per heavy atom. The first-order chi connectivity index (χ1) is 16.6. The minimum Gasteiger partial charge on any atom is -0.487 e. The summed E-state index contributed by atoms with van der Waals surface area (Å²) in [4.78, 5) is 21.8. The van der Waals surface area contributed by atoms with Crippen LogP contribution in [0.15, 0.2) is 48.5 Å². The Kier molecular flexibility index (Phi) is 5.72. The summed E-state index contributed by atoms with van der Waals surface area (Å²) in [5.41, 5.74) is 2.88. The fourth-order valence-corrected chi connectivity index (χ4v) is 6.14. The van der Waals surface area contributed by atoms with Crippen LogP contribution < -0.4 is 9.47 Å². The summed E-state index contributed by atoms with van der Waals surface area (Å²) in [6, 6.07) is 16.1. The number of carbonyl (C=O) groups excluding carboxylic acids is 1. The molecule has 2 aromatic heterocycles. The van der Waals surface area contributed by atoms with Gasteiger partial charge in [-0.2, -0.15) is 0 Å². The van der Waals surface area contributed by atoms with Crippen LogP contribution in [0.5, 0.6) is 11.5 Å². The molecule has 6 nitrogen and oxygen atoms in total. The second kappa shape index (κ2) is 9.02. The average molecular weight is 493 g/mol. The normalized spacial score (nSPS) is 17.9. The summed E-state index contributed by atoms with van der Waals surface area (Å²) in [6.07, 6.45) is 0.844. The first-order valence-electron chi connectivity index (χ1n) is 11.4. The maximum absolute atomic E-state index is 13.2. The van der Waals surface area contributed by atoms with Crippen LogP contribution >= 0.6 is 22.7 Å². The number of hydrogen-bond donors (Lipinski definition) is 0. The Labute approximate surface area is 205 Å². The van der Waals surface area contributed by atoms with Gasteiger partial charge in [-0.15, -0.1) is 22.7 Å². The van der Waals surface area contributed by atoms with E-state index in [1.54, 1.807) is 11.3 Å². The SMILES string of the molecule is Cc1ccc(C(=O)N2CCOc3c(cc(-c4nc5ccccc5s4)cc3O[C@H]3CCOC3)C2)s1. The van der Waals surface area contributed by atoms with Crippen molar-refractivity contribution in [2.45, 2.75) is 26.0 Å². The number of fused-ring (bicyclic) bond motifs is 2. The predicted molar refractivity (Wildman–Crippen MR) is 134 cm³/mol. The van der Waals surface area contributed by atoms with Crippen LogP contribution in [0, 0.1) is 6.92 Å².